The molecular formula is C20H22N2O3S2. The van der Waals surface area contributed by atoms with Gasteiger partial charge in [0.2, 0.25) is 0 Å². The lowest BCUT2D eigenvalue weighted by Crippen LogP contribution is -2.32. The maximum atomic E-state index is 13.3. The monoisotopic (exact) mass is 402 g/mol. The van der Waals surface area contributed by atoms with Gasteiger partial charge in [0.1, 0.15) is 0 Å². The van der Waals surface area contributed by atoms with E-state index in [0.717, 1.165) is 34.9 Å². The number of hydrogen-bond donors (Lipinski definition) is 0. The van der Waals surface area contributed by atoms with E-state index in [2.05, 4.69) is 11.9 Å². The molecule has 3 aromatic rings. The molecule has 1 heterocycles. The Kier molecular flexibility index (Phi) is 5.62. The molecule has 0 aliphatic heterocycles. The molecule has 27 heavy (non-hydrogen) atoms. The fraction of sp³-hybridized carbons (Fsp3) is 0.300. The van der Waals surface area contributed by atoms with Gasteiger partial charge < -0.3 is 0 Å². The van der Waals surface area contributed by atoms with Gasteiger partial charge in [0.25, 0.3) is 5.91 Å². The van der Waals surface area contributed by atoms with E-state index < -0.39 is 9.84 Å². The second-order valence-electron chi connectivity index (χ2n) is 6.55. The quantitative estimate of drug-likeness (QED) is 0.611. The van der Waals surface area contributed by atoms with Gasteiger partial charge in [-0.2, -0.15) is 0 Å². The van der Waals surface area contributed by atoms with E-state index in [1.807, 2.05) is 25.1 Å². The Balaban J connectivity index is 2.08. The second kappa shape index (κ2) is 7.78. The highest BCUT2D eigenvalue weighted by atomic mass is 32.2. The van der Waals surface area contributed by atoms with E-state index in [9.17, 15) is 13.2 Å². The molecule has 142 valence electrons. The normalized spacial score (nSPS) is 11.7. The van der Waals surface area contributed by atoms with Crippen LogP contribution in [0.3, 0.4) is 0 Å². The van der Waals surface area contributed by atoms with Gasteiger partial charge in [0, 0.05) is 12.8 Å². The number of hydrogen-bond acceptors (Lipinski definition) is 5. The minimum Gasteiger partial charge on any atom is -0.284 e. The van der Waals surface area contributed by atoms with E-state index >= 15 is 0 Å². The molecule has 0 unspecified atom stereocenters. The van der Waals surface area contributed by atoms with Crippen molar-refractivity contribution in [2.75, 3.05) is 17.7 Å². The van der Waals surface area contributed by atoms with E-state index in [1.165, 1.54) is 17.4 Å². The van der Waals surface area contributed by atoms with Crippen LogP contribution in [0, 0.1) is 6.92 Å². The number of unbranched alkanes of at least 4 members (excludes halogenated alkanes) is 1. The van der Waals surface area contributed by atoms with Crippen LogP contribution in [0.2, 0.25) is 0 Å². The van der Waals surface area contributed by atoms with Gasteiger partial charge in [-0.1, -0.05) is 42.9 Å². The van der Waals surface area contributed by atoms with Crippen LogP contribution >= 0.6 is 11.3 Å². The molecule has 0 saturated heterocycles. The summed E-state index contributed by atoms with van der Waals surface area (Å²) in [5, 5.41) is 0.595. The lowest BCUT2D eigenvalue weighted by Gasteiger charge is -2.20. The van der Waals surface area contributed by atoms with Gasteiger partial charge in [-0.25, -0.2) is 13.4 Å². The van der Waals surface area contributed by atoms with Crippen molar-refractivity contribution in [1.82, 2.24) is 4.98 Å². The standard InChI is InChI=1S/C20H22N2O3S2/c1-4-5-12-22(20-21-16-11-10-14(2)13-17(16)26-20)19(23)15-8-6-7-9-18(15)27(3,24)25/h6-11,13H,4-5,12H2,1-3H3. The lowest BCUT2D eigenvalue weighted by atomic mass is 10.2. The third-order valence-electron chi connectivity index (χ3n) is 4.26. The number of aromatic nitrogens is 1. The number of aryl methyl sites for hydroxylation is 1. The maximum absolute atomic E-state index is 13.3. The summed E-state index contributed by atoms with van der Waals surface area (Å²) in [5.74, 6) is -0.333. The highest BCUT2D eigenvalue weighted by Gasteiger charge is 2.25. The highest BCUT2D eigenvalue weighted by Crippen LogP contribution is 2.31. The third kappa shape index (κ3) is 4.20. The third-order valence-corrected chi connectivity index (χ3v) is 6.46. The van der Waals surface area contributed by atoms with Crippen LogP contribution in [0.5, 0.6) is 0 Å². The van der Waals surface area contributed by atoms with Crippen molar-refractivity contribution in [2.24, 2.45) is 0 Å². The predicted molar refractivity (Wildman–Crippen MR) is 110 cm³/mol. The number of sulfone groups is 1. The molecule has 0 fully saturated rings. The van der Waals surface area contributed by atoms with Gasteiger partial charge >= 0.3 is 0 Å². The van der Waals surface area contributed by atoms with Gasteiger partial charge in [0.15, 0.2) is 15.0 Å². The van der Waals surface area contributed by atoms with Crippen molar-refractivity contribution in [2.45, 2.75) is 31.6 Å². The van der Waals surface area contributed by atoms with E-state index in [4.69, 9.17) is 0 Å². The van der Waals surface area contributed by atoms with Crippen molar-refractivity contribution in [1.29, 1.82) is 0 Å². The summed E-state index contributed by atoms with van der Waals surface area (Å²) < 4.78 is 25.3. The molecule has 0 aliphatic rings. The van der Waals surface area contributed by atoms with Gasteiger partial charge in [-0.05, 0) is 43.2 Å². The summed E-state index contributed by atoms with van der Waals surface area (Å²) in [7, 11) is -3.51. The molecule has 1 amide bonds. The Bertz CT molecular complexity index is 1090. The van der Waals surface area contributed by atoms with Gasteiger partial charge in [0.05, 0.1) is 20.7 Å². The van der Waals surface area contributed by atoms with Crippen molar-refractivity contribution in [3.63, 3.8) is 0 Å². The van der Waals surface area contributed by atoms with Crippen LogP contribution in [0.4, 0.5) is 5.13 Å². The minimum absolute atomic E-state index is 0.0495. The zero-order valence-corrected chi connectivity index (χ0v) is 17.2. The summed E-state index contributed by atoms with van der Waals surface area (Å²) in [6, 6.07) is 12.3. The Labute approximate surface area is 163 Å². The molecule has 0 N–H and O–H groups in total. The first-order chi connectivity index (χ1) is 12.8. The van der Waals surface area contributed by atoms with Crippen LogP contribution in [0.15, 0.2) is 47.4 Å². The zero-order valence-electron chi connectivity index (χ0n) is 15.6. The van der Waals surface area contributed by atoms with Crippen LogP contribution in [-0.4, -0.2) is 32.1 Å². The van der Waals surface area contributed by atoms with E-state index in [-0.39, 0.29) is 16.4 Å². The highest BCUT2D eigenvalue weighted by molar-refractivity contribution is 7.90. The van der Waals surface area contributed by atoms with Crippen molar-refractivity contribution < 1.29 is 13.2 Å². The molecule has 0 bridgehead atoms. The summed E-state index contributed by atoms with van der Waals surface area (Å²) in [4.78, 5) is 19.6. The summed E-state index contributed by atoms with van der Waals surface area (Å²) in [6.07, 6.45) is 2.85. The molecule has 5 nitrogen and oxygen atoms in total. The van der Waals surface area contributed by atoms with Crippen LogP contribution in [-0.2, 0) is 9.84 Å². The van der Waals surface area contributed by atoms with Crippen molar-refractivity contribution in [3.8, 4) is 0 Å². The number of carbonyl (C=O) groups is 1. The number of rotatable bonds is 6. The molecule has 2 aromatic carbocycles. The van der Waals surface area contributed by atoms with E-state index in [0.29, 0.717) is 11.7 Å². The summed E-state index contributed by atoms with van der Waals surface area (Å²) >= 11 is 1.45. The van der Waals surface area contributed by atoms with Crippen LogP contribution in [0.1, 0.15) is 35.7 Å². The molecule has 0 atom stereocenters. The lowest BCUT2D eigenvalue weighted by molar-refractivity contribution is 0.0983. The molecular weight excluding hydrogens is 380 g/mol. The molecule has 0 aliphatic carbocycles. The molecule has 0 radical (unpaired) electrons. The fourth-order valence-corrected chi connectivity index (χ4v) is 4.82. The first-order valence-corrected chi connectivity index (χ1v) is 11.5. The summed E-state index contributed by atoms with van der Waals surface area (Å²) in [5.41, 5.74) is 2.16. The molecule has 1 aromatic heterocycles. The Hall–Kier alpha value is -2.25. The van der Waals surface area contributed by atoms with Crippen LogP contribution < -0.4 is 4.90 Å². The smallest absolute Gasteiger partial charge is 0.261 e. The minimum atomic E-state index is -3.51. The number of amides is 1. The maximum Gasteiger partial charge on any atom is 0.261 e. The van der Waals surface area contributed by atoms with Gasteiger partial charge in [-0.3, -0.25) is 9.69 Å². The van der Waals surface area contributed by atoms with E-state index in [1.54, 1.807) is 23.1 Å². The molecule has 0 spiro atoms. The Morgan fingerprint density at radius 1 is 1.19 bits per heavy atom. The van der Waals surface area contributed by atoms with Crippen molar-refractivity contribution >= 4 is 42.4 Å². The van der Waals surface area contributed by atoms with Gasteiger partial charge in [-0.15, -0.1) is 0 Å². The predicted octanol–water partition coefficient (Wildman–Crippen LogP) is 4.46. The Morgan fingerprint density at radius 3 is 2.63 bits per heavy atom. The molecule has 7 heteroatoms. The number of nitrogens with zero attached hydrogens (tertiary/aromatic N) is 2. The topological polar surface area (TPSA) is 67.3 Å². The largest absolute Gasteiger partial charge is 0.284 e. The summed E-state index contributed by atoms with van der Waals surface area (Å²) in [6.45, 7) is 4.56. The number of anilines is 1. The SMILES string of the molecule is CCCCN(C(=O)c1ccccc1S(C)(=O)=O)c1nc2ccc(C)cc2s1. The fourth-order valence-electron chi connectivity index (χ4n) is 2.85. The number of fused-ring (bicyclic) bond motifs is 1. The Morgan fingerprint density at radius 2 is 1.93 bits per heavy atom. The average molecular weight is 403 g/mol. The number of benzene rings is 2. The molecule has 0 saturated carbocycles. The second-order valence-corrected chi connectivity index (χ2v) is 9.54. The number of thiazole rings is 1. The van der Waals surface area contributed by atoms with Crippen LogP contribution in [0.25, 0.3) is 10.2 Å². The van der Waals surface area contributed by atoms with Crippen molar-refractivity contribution in [3.05, 3.63) is 53.6 Å². The first-order valence-electron chi connectivity index (χ1n) is 8.79. The average Bonchev–Trinajstić information content (AvgIpc) is 3.04. The molecule has 3 rings (SSSR count). The number of carbonyl (C=O) groups excluding carboxylic acids is 1. The first kappa shape index (κ1) is 19.5. The zero-order chi connectivity index (χ0) is 19.6.